The molecule has 1 aliphatic carbocycles. The number of ether oxygens (including phenoxy) is 1. The summed E-state index contributed by atoms with van der Waals surface area (Å²) in [5.41, 5.74) is 2.90. The normalized spacial score (nSPS) is 19.4. The van der Waals surface area contributed by atoms with Crippen molar-refractivity contribution in [1.29, 1.82) is 0 Å². The Morgan fingerprint density at radius 3 is 2.14 bits per heavy atom. The van der Waals surface area contributed by atoms with E-state index in [9.17, 15) is 18.3 Å². The van der Waals surface area contributed by atoms with Crippen LogP contribution in [-0.4, -0.2) is 32.0 Å². The molecule has 0 bridgehead atoms. The van der Waals surface area contributed by atoms with Gasteiger partial charge in [-0.1, -0.05) is 91.0 Å². The van der Waals surface area contributed by atoms with E-state index in [2.05, 4.69) is 5.32 Å². The van der Waals surface area contributed by atoms with E-state index < -0.39 is 46.3 Å². The number of carbonyl (C=O) groups is 1. The summed E-state index contributed by atoms with van der Waals surface area (Å²) < 4.78 is 50.7. The van der Waals surface area contributed by atoms with Crippen LogP contribution in [0, 0.1) is 5.82 Å². The Bertz CT molecular complexity index is 1650. The lowest BCUT2D eigenvalue weighted by Gasteiger charge is -2.35. The number of aryl methyl sites for hydroxylation is 1. The summed E-state index contributed by atoms with van der Waals surface area (Å²) in [6, 6.07) is 29.5. The highest BCUT2D eigenvalue weighted by atomic mass is 32.2. The van der Waals surface area contributed by atoms with Gasteiger partial charge in [0, 0.05) is 11.6 Å². The van der Waals surface area contributed by atoms with Gasteiger partial charge < -0.3 is 15.2 Å². The Morgan fingerprint density at radius 2 is 1.57 bits per heavy atom. The number of fused-ring (bicyclic) bond motifs is 1. The lowest BCUT2D eigenvalue weighted by atomic mass is 9.83. The van der Waals surface area contributed by atoms with Crippen molar-refractivity contribution in [3.05, 3.63) is 131 Å². The van der Waals surface area contributed by atoms with Gasteiger partial charge in [-0.2, -0.15) is 8.42 Å². The first-order chi connectivity index (χ1) is 20.3. The van der Waals surface area contributed by atoms with Crippen LogP contribution in [0.25, 0.3) is 0 Å². The van der Waals surface area contributed by atoms with Crippen LogP contribution in [0.2, 0.25) is 0 Å². The predicted molar refractivity (Wildman–Crippen MR) is 157 cm³/mol. The summed E-state index contributed by atoms with van der Waals surface area (Å²) in [4.78, 5) is 12.1. The number of nitrogens with one attached hydrogen (secondary N) is 2. The number of benzene rings is 4. The largest absolute Gasteiger partial charge is 0.487 e. The number of aliphatic hydroxyl groups is 1. The molecule has 0 spiro atoms. The third-order valence-corrected chi connectivity index (χ3v) is 9.06. The lowest BCUT2D eigenvalue weighted by Crippen LogP contribution is -2.41. The van der Waals surface area contributed by atoms with E-state index in [1.54, 1.807) is 6.07 Å². The van der Waals surface area contributed by atoms with Gasteiger partial charge in [-0.3, -0.25) is 4.79 Å². The first kappa shape index (κ1) is 27.9. The van der Waals surface area contributed by atoms with Gasteiger partial charge in [0.05, 0.1) is 12.1 Å². The van der Waals surface area contributed by atoms with Crippen molar-refractivity contribution in [1.82, 2.24) is 10.0 Å². The lowest BCUT2D eigenvalue weighted by molar-refractivity contribution is -0.117. The Hall–Kier alpha value is -4.25. The number of halogens is 1. The van der Waals surface area contributed by atoms with Gasteiger partial charge in [0.1, 0.15) is 24.6 Å². The summed E-state index contributed by atoms with van der Waals surface area (Å²) >= 11 is 0. The maximum Gasteiger partial charge on any atom is 0.326 e. The fourth-order valence-corrected chi connectivity index (χ4v) is 6.83. The van der Waals surface area contributed by atoms with Crippen LogP contribution in [0.15, 0.2) is 97.1 Å². The van der Waals surface area contributed by atoms with Gasteiger partial charge >= 0.3 is 10.2 Å². The van der Waals surface area contributed by atoms with E-state index in [0.29, 0.717) is 22.7 Å². The maximum atomic E-state index is 16.6. The van der Waals surface area contributed by atoms with Crippen LogP contribution in [0.1, 0.15) is 46.4 Å². The van der Waals surface area contributed by atoms with Gasteiger partial charge in [0.15, 0.2) is 5.82 Å². The first-order valence-corrected chi connectivity index (χ1v) is 15.1. The molecule has 6 rings (SSSR count). The minimum atomic E-state index is -4.35. The van der Waals surface area contributed by atoms with E-state index in [1.165, 1.54) is 0 Å². The number of aliphatic hydroxyl groups excluding tert-OH is 1. The van der Waals surface area contributed by atoms with Crippen LogP contribution >= 0.6 is 0 Å². The van der Waals surface area contributed by atoms with E-state index in [4.69, 9.17) is 4.74 Å². The Morgan fingerprint density at radius 1 is 0.976 bits per heavy atom. The van der Waals surface area contributed by atoms with Crippen LogP contribution in [0.4, 0.5) is 10.1 Å². The van der Waals surface area contributed by atoms with Gasteiger partial charge in [-0.15, -0.1) is 0 Å². The SMILES string of the molecule is O=C1CN(c2c(OCc3ccccc3)cc3c(c2F)[C@@H](O)[C@H](NC(c2ccccc2)c2ccccc2)CC3)S(=O)(=O)N1. The molecule has 0 radical (unpaired) electrons. The van der Waals surface area contributed by atoms with Gasteiger partial charge in [0.25, 0.3) is 5.91 Å². The van der Waals surface area contributed by atoms with Gasteiger partial charge in [0.2, 0.25) is 0 Å². The van der Waals surface area contributed by atoms with Crippen molar-refractivity contribution in [2.45, 2.75) is 37.6 Å². The van der Waals surface area contributed by atoms with E-state index in [0.717, 1.165) is 16.7 Å². The molecule has 10 heteroatoms. The molecule has 1 fully saturated rings. The summed E-state index contributed by atoms with van der Waals surface area (Å²) in [5.74, 6) is -1.72. The maximum absolute atomic E-state index is 16.6. The van der Waals surface area contributed by atoms with Crippen LogP contribution < -0.4 is 19.1 Å². The van der Waals surface area contributed by atoms with Gasteiger partial charge in [-0.25, -0.2) is 13.4 Å². The molecular weight excluding hydrogens is 557 g/mol. The second-order valence-corrected chi connectivity index (χ2v) is 12.0. The zero-order valence-electron chi connectivity index (χ0n) is 22.6. The number of nitrogens with zero attached hydrogens (tertiary/aromatic N) is 1. The number of hydrogen-bond acceptors (Lipinski definition) is 6. The molecule has 0 unspecified atom stereocenters. The molecule has 3 N–H and O–H groups in total. The van der Waals surface area contributed by atoms with Crippen LogP contribution in [0.3, 0.4) is 0 Å². The van der Waals surface area contributed by atoms with Crippen molar-refractivity contribution >= 4 is 21.8 Å². The molecule has 1 amide bonds. The monoisotopic (exact) mass is 587 g/mol. The third kappa shape index (κ3) is 5.48. The smallest absolute Gasteiger partial charge is 0.326 e. The molecule has 1 heterocycles. The number of hydrogen-bond donors (Lipinski definition) is 3. The number of anilines is 1. The van der Waals surface area contributed by atoms with Gasteiger partial charge in [-0.05, 0) is 41.2 Å². The topological polar surface area (TPSA) is 108 Å². The van der Waals surface area contributed by atoms with Crippen molar-refractivity contribution in [2.24, 2.45) is 0 Å². The molecule has 0 aromatic heterocycles. The minimum absolute atomic E-state index is 0.00441. The van der Waals surface area contributed by atoms with Crippen molar-refractivity contribution in [3.8, 4) is 5.75 Å². The Balaban J connectivity index is 1.38. The molecule has 4 aromatic carbocycles. The minimum Gasteiger partial charge on any atom is -0.487 e. The summed E-state index contributed by atoms with van der Waals surface area (Å²) in [6.07, 6.45) is -0.369. The third-order valence-electron chi connectivity index (χ3n) is 7.68. The first-order valence-electron chi connectivity index (χ1n) is 13.7. The standard InChI is InChI=1S/C32H30FN3O5S/c33-29-28-24(16-17-25(32(28)38)34-30(22-12-6-2-7-13-22)23-14-8-3-9-15-23)18-26(41-20-21-10-4-1-5-11-21)31(29)36-19-27(37)35-42(36,39)40/h1-15,18,25,30,32,34,38H,16-17,19-20H2,(H,35,37)/t25-,32+/m1/s1. The molecular formula is C32H30FN3O5S. The predicted octanol–water partition coefficient (Wildman–Crippen LogP) is 4.31. The highest BCUT2D eigenvalue weighted by Crippen LogP contribution is 2.44. The Kier molecular flexibility index (Phi) is 7.68. The molecule has 4 aromatic rings. The fourth-order valence-electron chi connectivity index (χ4n) is 5.67. The van der Waals surface area contributed by atoms with Crippen LogP contribution in [-0.2, 0) is 28.0 Å². The molecule has 0 saturated carbocycles. The second kappa shape index (κ2) is 11.6. The molecule has 1 aliphatic heterocycles. The quantitative estimate of drug-likeness (QED) is 0.284. The fraction of sp³-hybridized carbons (Fsp3) is 0.219. The molecule has 216 valence electrons. The van der Waals surface area contributed by atoms with Crippen molar-refractivity contribution < 1.29 is 27.4 Å². The summed E-state index contributed by atoms with van der Waals surface area (Å²) in [6.45, 7) is -0.536. The van der Waals surface area contributed by atoms with Crippen LogP contribution in [0.5, 0.6) is 5.75 Å². The molecule has 2 aliphatic rings. The van der Waals surface area contributed by atoms with E-state index in [1.807, 2.05) is 95.7 Å². The zero-order chi connectivity index (χ0) is 29.3. The number of rotatable bonds is 8. The second-order valence-electron chi connectivity index (χ2n) is 10.4. The number of amides is 1. The van der Waals surface area contributed by atoms with Crippen molar-refractivity contribution in [2.75, 3.05) is 10.8 Å². The van der Waals surface area contributed by atoms with Crippen molar-refractivity contribution in [3.63, 3.8) is 0 Å². The highest BCUT2D eigenvalue weighted by Gasteiger charge is 2.41. The average molecular weight is 588 g/mol. The molecule has 42 heavy (non-hydrogen) atoms. The Labute approximate surface area is 244 Å². The van der Waals surface area contributed by atoms with E-state index >= 15 is 4.39 Å². The zero-order valence-corrected chi connectivity index (χ0v) is 23.4. The summed E-state index contributed by atoms with van der Waals surface area (Å²) in [5, 5.41) is 15.1. The highest BCUT2D eigenvalue weighted by molar-refractivity contribution is 7.92. The number of carbonyl (C=O) groups excluding carboxylic acids is 1. The molecule has 8 nitrogen and oxygen atoms in total. The molecule has 1 saturated heterocycles. The summed E-state index contributed by atoms with van der Waals surface area (Å²) in [7, 11) is -4.35. The van der Waals surface area contributed by atoms with E-state index in [-0.39, 0.29) is 24.0 Å². The average Bonchev–Trinajstić information content (AvgIpc) is 3.27. The molecule has 2 atom stereocenters.